The van der Waals surface area contributed by atoms with Crippen molar-refractivity contribution in [3.8, 4) is 0 Å². The molecule has 1 aromatic carbocycles. The van der Waals surface area contributed by atoms with Crippen LogP contribution in [-0.4, -0.2) is 10.1 Å². The average Bonchev–Trinajstić information content (AvgIpc) is 2.36. The minimum atomic E-state index is -4.64. The zero-order valence-corrected chi connectivity index (χ0v) is 11.5. The first kappa shape index (κ1) is 15.7. The van der Waals surface area contributed by atoms with Crippen molar-refractivity contribution in [2.24, 2.45) is 0 Å². The first-order chi connectivity index (χ1) is 9.70. The van der Waals surface area contributed by atoms with E-state index in [4.69, 9.17) is 11.6 Å². The number of pyridine rings is 1. The van der Waals surface area contributed by atoms with Crippen molar-refractivity contribution >= 4 is 11.6 Å². The van der Waals surface area contributed by atoms with Gasteiger partial charge in [0, 0.05) is 11.1 Å². The fourth-order valence-electron chi connectivity index (χ4n) is 1.83. The van der Waals surface area contributed by atoms with Crippen LogP contribution in [0.3, 0.4) is 0 Å². The van der Waals surface area contributed by atoms with Crippen molar-refractivity contribution in [2.45, 2.75) is 19.2 Å². The fourth-order valence-corrected chi connectivity index (χ4v) is 2.09. The summed E-state index contributed by atoms with van der Waals surface area (Å²) in [4.78, 5) is 3.20. The number of hydrogen-bond donors (Lipinski definition) is 1. The Bertz CT molecular complexity index is 673. The quantitative estimate of drug-likeness (QED) is 0.662. The minimum Gasteiger partial charge on any atom is -0.383 e. The van der Waals surface area contributed by atoms with Gasteiger partial charge in [0.25, 0.3) is 0 Å². The van der Waals surface area contributed by atoms with E-state index < -0.39 is 28.9 Å². The van der Waals surface area contributed by atoms with Gasteiger partial charge in [-0.15, -0.1) is 0 Å². The Morgan fingerprint density at radius 1 is 1.14 bits per heavy atom. The van der Waals surface area contributed by atoms with Crippen LogP contribution in [0.4, 0.5) is 17.6 Å². The Hall–Kier alpha value is -1.66. The van der Waals surface area contributed by atoms with E-state index in [0.29, 0.717) is 11.6 Å². The lowest BCUT2D eigenvalue weighted by molar-refractivity contribution is -0.141. The average molecular weight is 320 g/mol. The Kier molecular flexibility index (Phi) is 4.20. The lowest BCUT2D eigenvalue weighted by Gasteiger charge is -2.15. The summed E-state index contributed by atoms with van der Waals surface area (Å²) in [6.45, 7) is 1.67. The SMILES string of the molecule is Cc1ccc(C(O)c2ccc(C(F)(F)F)nc2Cl)c(F)c1. The van der Waals surface area contributed by atoms with Gasteiger partial charge in [-0.1, -0.05) is 29.8 Å². The smallest absolute Gasteiger partial charge is 0.383 e. The number of rotatable bonds is 2. The standard InChI is InChI=1S/C14H10ClF4NO/c1-7-2-3-8(10(16)6-7)12(21)9-4-5-11(14(17,18)19)20-13(9)15/h2-6,12,21H,1H3. The van der Waals surface area contributed by atoms with Gasteiger partial charge in [0.15, 0.2) is 0 Å². The minimum absolute atomic E-state index is 0.0796. The Morgan fingerprint density at radius 2 is 1.76 bits per heavy atom. The van der Waals surface area contributed by atoms with Gasteiger partial charge in [-0.3, -0.25) is 0 Å². The number of nitrogens with zero attached hydrogens (tertiary/aromatic N) is 1. The molecule has 21 heavy (non-hydrogen) atoms. The van der Waals surface area contributed by atoms with E-state index in [0.717, 1.165) is 6.07 Å². The second-order valence-corrected chi connectivity index (χ2v) is 4.86. The molecule has 1 N–H and O–H groups in total. The van der Waals surface area contributed by atoms with E-state index in [1.165, 1.54) is 12.1 Å². The summed E-state index contributed by atoms with van der Waals surface area (Å²) >= 11 is 5.67. The molecular formula is C14H10ClF4NO. The number of aliphatic hydroxyl groups is 1. The van der Waals surface area contributed by atoms with Crippen molar-refractivity contribution in [1.29, 1.82) is 0 Å². The molecule has 0 aliphatic rings. The van der Waals surface area contributed by atoms with Crippen LogP contribution >= 0.6 is 11.6 Å². The van der Waals surface area contributed by atoms with E-state index in [2.05, 4.69) is 4.98 Å². The number of aryl methyl sites for hydroxylation is 1. The van der Waals surface area contributed by atoms with E-state index in [-0.39, 0.29) is 11.1 Å². The number of halogens is 5. The highest BCUT2D eigenvalue weighted by Crippen LogP contribution is 2.33. The van der Waals surface area contributed by atoms with Crippen molar-refractivity contribution in [1.82, 2.24) is 4.98 Å². The molecule has 0 saturated carbocycles. The van der Waals surface area contributed by atoms with Gasteiger partial charge in [0.2, 0.25) is 0 Å². The van der Waals surface area contributed by atoms with Crippen LogP contribution in [0, 0.1) is 12.7 Å². The summed E-state index contributed by atoms with van der Waals surface area (Å²) in [6.07, 6.45) is -6.13. The lowest BCUT2D eigenvalue weighted by atomic mass is 10.0. The van der Waals surface area contributed by atoms with E-state index >= 15 is 0 Å². The Balaban J connectivity index is 2.42. The van der Waals surface area contributed by atoms with Gasteiger partial charge in [-0.2, -0.15) is 13.2 Å². The molecule has 1 aromatic heterocycles. The van der Waals surface area contributed by atoms with Crippen molar-refractivity contribution in [3.05, 3.63) is 63.7 Å². The third-order valence-corrected chi connectivity index (χ3v) is 3.22. The van der Waals surface area contributed by atoms with E-state index in [1.54, 1.807) is 13.0 Å². The molecule has 2 rings (SSSR count). The summed E-state index contributed by atoms with van der Waals surface area (Å²) < 4.78 is 51.2. The van der Waals surface area contributed by atoms with Crippen LogP contribution in [0.2, 0.25) is 5.15 Å². The predicted octanol–water partition coefficient (Wildman–Crippen LogP) is 4.28. The van der Waals surface area contributed by atoms with Crippen molar-refractivity contribution < 1.29 is 22.7 Å². The maximum absolute atomic E-state index is 13.8. The van der Waals surface area contributed by atoms with Gasteiger partial charge in [0.1, 0.15) is 22.8 Å². The number of aromatic nitrogens is 1. The first-order valence-corrected chi connectivity index (χ1v) is 6.25. The summed E-state index contributed by atoms with van der Waals surface area (Å²) in [6, 6.07) is 5.82. The topological polar surface area (TPSA) is 33.1 Å². The fraction of sp³-hybridized carbons (Fsp3) is 0.214. The highest BCUT2D eigenvalue weighted by atomic mass is 35.5. The summed E-state index contributed by atoms with van der Waals surface area (Å²) in [5.41, 5.74) is -0.690. The van der Waals surface area contributed by atoms with Crippen molar-refractivity contribution in [2.75, 3.05) is 0 Å². The maximum atomic E-state index is 13.8. The highest BCUT2D eigenvalue weighted by Gasteiger charge is 2.33. The van der Waals surface area contributed by atoms with Crippen LogP contribution in [-0.2, 0) is 6.18 Å². The number of aliphatic hydroxyl groups excluding tert-OH is 1. The van der Waals surface area contributed by atoms with E-state index in [1.807, 2.05) is 0 Å². The van der Waals surface area contributed by atoms with Gasteiger partial charge in [-0.05, 0) is 24.6 Å². The molecule has 1 unspecified atom stereocenters. The molecule has 0 spiro atoms. The number of hydrogen-bond acceptors (Lipinski definition) is 2. The molecule has 0 aliphatic carbocycles. The molecule has 2 nitrogen and oxygen atoms in total. The van der Waals surface area contributed by atoms with E-state index in [9.17, 15) is 22.7 Å². The zero-order valence-electron chi connectivity index (χ0n) is 10.7. The van der Waals surface area contributed by atoms with Crippen LogP contribution in [0.1, 0.15) is 28.5 Å². The highest BCUT2D eigenvalue weighted by molar-refractivity contribution is 6.30. The molecule has 2 aromatic rings. The van der Waals surface area contributed by atoms with Crippen LogP contribution < -0.4 is 0 Å². The van der Waals surface area contributed by atoms with Crippen LogP contribution in [0.25, 0.3) is 0 Å². The maximum Gasteiger partial charge on any atom is 0.433 e. The molecule has 0 bridgehead atoms. The molecule has 0 aliphatic heterocycles. The zero-order chi connectivity index (χ0) is 15.8. The molecular weight excluding hydrogens is 310 g/mol. The molecule has 1 atom stereocenters. The normalized spacial score (nSPS) is 13.3. The lowest BCUT2D eigenvalue weighted by Crippen LogP contribution is -2.10. The molecule has 1 heterocycles. The molecule has 112 valence electrons. The molecule has 7 heteroatoms. The third kappa shape index (κ3) is 3.33. The monoisotopic (exact) mass is 319 g/mol. The molecule has 0 fully saturated rings. The van der Waals surface area contributed by atoms with Crippen molar-refractivity contribution in [3.63, 3.8) is 0 Å². The molecule has 0 amide bonds. The molecule has 0 radical (unpaired) electrons. The Labute approximate surface area is 123 Å². The van der Waals surface area contributed by atoms with Crippen LogP contribution in [0.5, 0.6) is 0 Å². The van der Waals surface area contributed by atoms with Gasteiger partial charge >= 0.3 is 6.18 Å². The predicted molar refractivity (Wildman–Crippen MR) is 69.4 cm³/mol. The third-order valence-electron chi connectivity index (χ3n) is 2.91. The molecule has 0 saturated heterocycles. The Morgan fingerprint density at radius 3 is 2.29 bits per heavy atom. The number of alkyl halides is 3. The van der Waals surface area contributed by atoms with Gasteiger partial charge < -0.3 is 5.11 Å². The summed E-state index contributed by atoms with van der Waals surface area (Å²) in [5, 5.41) is 9.58. The summed E-state index contributed by atoms with van der Waals surface area (Å²) in [7, 11) is 0. The van der Waals surface area contributed by atoms with Crippen LogP contribution in [0.15, 0.2) is 30.3 Å². The van der Waals surface area contributed by atoms with Gasteiger partial charge in [0.05, 0.1) is 0 Å². The van der Waals surface area contributed by atoms with Gasteiger partial charge in [-0.25, -0.2) is 9.37 Å². The number of benzene rings is 1. The first-order valence-electron chi connectivity index (χ1n) is 5.88. The summed E-state index contributed by atoms with van der Waals surface area (Å²) in [5.74, 6) is -0.668. The second-order valence-electron chi connectivity index (χ2n) is 4.50. The largest absolute Gasteiger partial charge is 0.433 e. The second kappa shape index (κ2) is 5.61.